The number of amides is 9. The number of carboxylic acid groups (broad SMARTS) is 1. The Labute approximate surface area is 350 Å². The molecule has 24 heteroatoms. The van der Waals surface area contributed by atoms with Crippen molar-refractivity contribution in [2.24, 2.45) is 23.3 Å². The first-order chi connectivity index (χ1) is 27.7. The molecule has 1 saturated heterocycles. The molecule has 9 amide bonds. The largest absolute Gasteiger partial charge is 0.481 e. The van der Waals surface area contributed by atoms with Gasteiger partial charge in [0, 0.05) is 24.9 Å². The first-order valence-electron chi connectivity index (χ1n) is 19.2. The van der Waals surface area contributed by atoms with Crippen molar-refractivity contribution in [3.63, 3.8) is 0 Å². The van der Waals surface area contributed by atoms with E-state index >= 15 is 0 Å². The Morgan fingerprint density at radius 1 is 0.847 bits per heavy atom. The zero-order chi connectivity index (χ0) is 44.8. The molecule has 8 atom stereocenters. The Balaban J connectivity index is 3.56. The molecule has 1 aliphatic rings. The Kier molecular flexibility index (Phi) is 24.1. The lowest BCUT2D eigenvalue weighted by Gasteiger charge is -2.27. The number of carboxylic acids is 1. The molecule has 0 unspecified atom stereocenters. The number of hydrogen-bond donors (Lipinski definition) is 12. The van der Waals surface area contributed by atoms with Gasteiger partial charge in [-0.05, 0) is 44.1 Å². The summed E-state index contributed by atoms with van der Waals surface area (Å²) < 4.78 is 0. The Bertz CT molecular complexity index is 1510. The summed E-state index contributed by atoms with van der Waals surface area (Å²) >= 11 is 0. The summed E-state index contributed by atoms with van der Waals surface area (Å²) in [4.78, 5) is 129. The van der Waals surface area contributed by atoms with E-state index in [0.29, 0.717) is 19.3 Å². The second-order valence-corrected chi connectivity index (χ2v) is 16.8. The summed E-state index contributed by atoms with van der Waals surface area (Å²) in [5.74, 6) is -9.99. The van der Waals surface area contributed by atoms with Crippen LogP contribution >= 0.6 is 21.6 Å². The Morgan fingerprint density at radius 2 is 1.51 bits per heavy atom. The normalized spacial score (nSPS) is 21.8. The van der Waals surface area contributed by atoms with Gasteiger partial charge in [-0.2, -0.15) is 0 Å². The minimum Gasteiger partial charge on any atom is -0.481 e. The van der Waals surface area contributed by atoms with Gasteiger partial charge in [-0.25, -0.2) is 0 Å². The van der Waals surface area contributed by atoms with Gasteiger partial charge < -0.3 is 64.2 Å². The fraction of sp³-hybridized carbons (Fsp3) is 0.714. The number of hydrogen-bond acceptors (Lipinski definition) is 14. The van der Waals surface area contributed by atoms with E-state index in [1.165, 1.54) is 6.92 Å². The van der Waals surface area contributed by atoms with Crippen LogP contribution in [0.4, 0.5) is 0 Å². The molecule has 22 nitrogen and oxygen atoms in total. The fourth-order valence-corrected chi connectivity index (χ4v) is 7.75. The van der Waals surface area contributed by atoms with Crippen molar-refractivity contribution in [1.82, 2.24) is 42.5 Å². The molecule has 0 saturated carbocycles. The van der Waals surface area contributed by atoms with Crippen molar-refractivity contribution < 1.29 is 58.2 Å². The fourth-order valence-electron chi connectivity index (χ4n) is 5.42. The van der Waals surface area contributed by atoms with E-state index in [4.69, 9.17) is 16.6 Å². The van der Waals surface area contributed by atoms with Gasteiger partial charge in [0.1, 0.15) is 42.3 Å². The zero-order valence-corrected chi connectivity index (χ0v) is 35.6. The average molecular weight is 877 g/mol. The second kappa shape index (κ2) is 27.2. The van der Waals surface area contributed by atoms with Gasteiger partial charge in [0.25, 0.3) is 0 Å². The van der Waals surface area contributed by atoms with Crippen LogP contribution in [0.15, 0.2) is 0 Å². The number of carbonyl (C=O) groups excluding carboxylic acids is 9. The van der Waals surface area contributed by atoms with Gasteiger partial charge in [-0.1, -0.05) is 55.7 Å². The minimum atomic E-state index is -1.59. The monoisotopic (exact) mass is 876 g/mol. The molecule has 0 aromatic rings. The van der Waals surface area contributed by atoms with E-state index in [2.05, 4.69) is 42.5 Å². The molecule has 1 fully saturated rings. The van der Waals surface area contributed by atoms with Gasteiger partial charge in [-0.15, -0.1) is 0 Å². The van der Waals surface area contributed by atoms with Gasteiger partial charge >= 0.3 is 5.97 Å². The summed E-state index contributed by atoms with van der Waals surface area (Å²) in [5, 5.41) is 38.9. The van der Waals surface area contributed by atoms with Crippen molar-refractivity contribution in [1.29, 1.82) is 0 Å². The van der Waals surface area contributed by atoms with E-state index < -0.39 is 127 Å². The van der Waals surface area contributed by atoms with Crippen LogP contribution in [0, 0.1) is 11.8 Å². The third kappa shape index (κ3) is 19.3. The molecule has 14 N–H and O–H groups in total. The quantitative estimate of drug-likeness (QED) is 0.0436. The smallest absolute Gasteiger partial charge is 0.303 e. The highest BCUT2D eigenvalue weighted by Crippen LogP contribution is 2.24. The molecule has 1 aliphatic heterocycles. The van der Waals surface area contributed by atoms with Crippen molar-refractivity contribution >= 4 is 80.7 Å². The van der Waals surface area contributed by atoms with Crippen molar-refractivity contribution in [2.75, 3.05) is 31.2 Å². The summed E-state index contributed by atoms with van der Waals surface area (Å²) in [6, 6.07) is -9.28. The molecule has 334 valence electrons. The predicted molar refractivity (Wildman–Crippen MR) is 217 cm³/mol. The minimum absolute atomic E-state index is 0.0898. The molecular weight excluding hydrogens is 817 g/mol. The Hall–Kier alpha value is -4.68. The van der Waals surface area contributed by atoms with E-state index in [1.54, 1.807) is 27.7 Å². The zero-order valence-electron chi connectivity index (χ0n) is 33.9. The molecule has 0 bridgehead atoms. The maximum atomic E-state index is 13.8. The maximum Gasteiger partial charge on any atom is 0.303 e. The number of rotatable bonds is 19. The summed E-state index contributed by atoms with van der Waals surface area (Å²) in [7, 11) is 1.90. The molecule has 0 aliphatic carbocycles. The van der Waals surface area contributed by atoms with E-state index in [9.17, 15) is 53.1 Å². The highest BCUT2D eigenvalue weighted by Gasteiger charge is 2.35. The van der Waals surface area contributed by atoms with Crippen molar-refractivity contribution in [3.8, 4) is 0 Å². The van der Waals surface area contributed by atoms with Crippen molar-refractivity contribution in [3.05, 3.63) is 0 Å². The summed E-state index contributed by atoms with van der Waals surface area (Å²) in [6.45, 7) is 6.73. The average Bonchev–Trinajstić information content (AvgIpc) is 3.17. The first-order valence-corrected chi connectivity index (χ1v) is 21.7. The van der Waals surface area contributed by atoms with Crippen LogP contribution in [0.5, 0.6) is 0 Å². The van der Waals surface area contributed by atoms with Crippen LogP contribution in [-0.2, 0) is 47.9 Å². The number of carbonyl (C=O) groups is 10. The molecule has 1 rings (SSSR count). The van der Waals surface area contributed by atoms with Crippen LogP contribution in [0.25, 0.3) is 0 Å². The molecule has 0 aromatic heterocycles. The highest BCUT2D eigenvalue weighted by atomic mass is 33.1. The highest BCUT2D eigenvalue weighted by molar-refractivity contribution is 8.76. The number of unbranched alkanes of at least 4 members (excludes halogenated alkanes) is 1. The second-order valence-electron chi connectivity index (χ2n) is 14.2. The lowest BCUT2D eigenvalue weighted by atomic mass is 9.98. The number of aliphatic hydroxyl groups excluding tert-OH is 1. The van der Waals surface area contributed by atoms with Gasteiger partial charge in [0.15, 0.2) is 0 Å². The van der Waals surface area contributed by atoms with Crippen LogP contribution in [0.3, 0.4) is 0 Å². The van der Waals surface area contributed by atoms with Gasteiger partial charge in [-0.3, -0.25) is 47.9 Å². The van der Waals surface area contributed by atoms with Crippen LogP contribution in [0.1, 0.15) is 73.1 Å². The lowest BCUT2D eigenvalue weighted by molar-refractivity contribution is -0.138. The molecule has 0 radical (unpaired) electrons. The number of aliphatic hydroxyl groups is 1. The van der Waals surface area contributed by atoms with E-state index in [-0.39, 0.29) is 36.8 Å². The molecule has 1 heterocycles. The third-order valence-corrected chi connectivity index (χ3v) is 11.5. The Morgan fingerprint density at radius 3 is 2.07 bits per heavy atom. The lowest BCUT2D eigenvalue weighted by Crippen LogP contribution is -2.60. The predicted octanol–water partition coefficient (Wildman–Crippen LogP) is -3.92. The van der Waals surface area contributed by atoms with Crippen LogP contribution in [0.2, 0.25) is 0 Å². The van der Waals surface area contributed by atoms with Gasteiger partial charge in [0.2, 0.25) is 53.2 Å². The number of nitrogens with one attached hydrogen (secondary N) is 8. The van der Waals surface area contributed by atoms with E-state index in [1.807, 2.05) is 0 Å². The van der Waals surface area contributed by atoms with Crippen molar-refractivity contribution in [2.45, 2.75) is 115 Å². The first kappa shape index (κ1) is 52.3. The molecular formula is C35H60N10O12S2. The number of aliphatic carboxylic acids is 1. The summed E-state index contributed by atoms with van der Waals surface area (Å²) in [6.07, 6.45) is 0.508. The standard InChI is InChI=1S/C35H60N10O12S2/c1-6-18(4)28-35(57)44-24(32(54)40-20(29(37)51)10-11-26(49)50)16-59-58-15-23(33(55)42-22(14-46)30(52)38-13-25(48)45-28)43-31(53)21(9-7-8-12-36)41-34(56)27(17(2)3)39-19(5)47/h17-18,20-24,27-28,46H,6-16,36H2,1-5H3,(H2,37,51)(H,38,52)(H,39,47)(H,40,54)(H,41,56)(H,42,55)(H,43,53)(H,44,57)(H,45,48)(H,49,50)/t18-,20-,21-,22-,23-,24-,27-,28-/m0/s1. The van der Waals surface area contributed by atoms with Gasteiger partial charge in [0.05, 0.1) is 13.2 Å². The van der Waals surface area contributed by atoms with Crippen LogP contribution in [-0.4, -0.2) is 143 Å². The molecule has 59 heavy (non-hydrogen) atoms. The molecule has 0 spiro atoms. The topological polar surface area (TPSA) is 359 Å². The van der Waals surface area contributed by atoms with E-state index in [0.717, 1.165) is 21.6 Å². The van der Waals surface area contributed by atoms with Crippen LogP contribution < -0.4 is 54.0 Å². The summed E-state index contributed by atoms with van der Waals surface area (Å²) in [5.41, 5.74) is 11.1. The third-order valence-electron chi connectivity index (χ3n) is 9.06. The number of primary amides is 1. The maximum absolute atomic E-state index is 13.8. The number of nitrogens with two attached hydrogens (primary N) is 2. The SMILES string of the molecule is CC[C@H](C)[C@@H]1NC(=O)CNC(=O)[C@H](CO)NC(=O)[C@@H](NC(=O)[C@H](CCCCN)NC(=O)[C@@H](NC(C)=O)C(C)C)CSSC[C@@H](C(=O)N[C@@H](CCC(=O)O)C(N)=O)NC1=O. The molecule has 0 aromatic carbocycles.